The van der Waals surface area contributed by atoms with Crippen molar-refractivity contribution in [1.29, 1.82) is 0 Å². The van der Waals surface area contributed by atoms with E-state index in [9.17, 15) is 9.90 Å². The summed E-state index contributed by atoms with van der Waals surface area (Å²) < 4.78 is 40.1. The van der Waals surface area contributed by atoms with Gasteiger partial charge in [0, 0.05) is 14.1 Å². The number of aromatic nitrogens is 4. The van der Waals surface area contributed by atoms with Gasteiger partial charge in [0.2, 0.25) is 5.67 Å². The Morgan fingerprint density at radius 1 is 1.40 bits per heavy atom. The van der Waals surface area contributed by atoms with Gasteiger partial charge in [0.25, 0.3) is 0 Å². The highest BCUT2D eigenvalue weighted by Gasteiger charge is 2.58. The van der Waals surface area contributed by atoms with Gasteiger partial charge in [-0.05, 0) is 37.8 Å². The Morgan fingerprint density at radius 2 is 2.10 bits per heavy atom. The van der Waals surface area contributed by atoms with Gasteiger partial charge in [0.1, 0.15) is 29.8 Å². The molecule has 214 valence electrons. The minimum atomic E-state index is -3.46. The summed E-state index contributed by atoms with van der Waals surface area (Å²) in [5.41, 5.74) is -1.99. The van der Waals surface area contributed by atoms with Gasteiger partial charge in [-0.3, -0.25) is 9.36 Å². The Bertz CT molecular complexity index is 1470. The number of hydrogen-bond donors (Lipinski definition) is 2. The standard InChI is InChI=1S/C25H30FN6O6PS/c1-7-25(26)20(33)18(37-24(25)32-14-27-19-21(31(4)5)28-16(3)29-22(19)32)13-36-39(40,30-15(2)23(34)35-6)38-17-11-9-8-10-12-17/h1,8-12,14-15,18,20,24,33H,13H2,2-6H3,(H,30,40)/t15-,18+,20+,24+,25+,39-/m0/s1. The molecule has 12 nitrogen and oxygen atoms in total. The van der Waals surface area contributed by atoms with Crippen LogP contribution in [-0.2, 0) is 30.6 Å². The molecular formula is C25H30FN6O6PS. The van der Waals surface area contributed by atoms with Crippen LogP contribution in [0, 0.1) is 19.3 Å². The first-order chi connectivity index (χ1) is 18.9. The molecule has 1 aromatic carbocycles. The number of ether oxygens (including phenoxy) is 2. The van der Waals surface area contributed by atoms with E-state index < -0.39 is 49.4 Å². The molecule has 2 N–H and O–H groups in total. The van der Waals surface area contributed by atoms with E-state index in [-0.39, 0.29) is 5.65 Å². The number of para-hydroxylation sites is 1. The first kappa shape index (κ1) is 29.8. The quantitative estimate of drug-likeness (QED) is 0.203. The number of rotatable bonds is 10. The minimum absolute atomic E-state index is 0.276. The zero-order valence-corrected chi connectivity index (χ0v) is 24.2. The van der Waals surface area contributed by atoms with E-state index in [1.165, 1.54) is 24.9 Å². The molecule has 6 atom stereocenters. The normalized spacial score (nSPS) is 24.7. The van der Waals surface area contributed by atoms with Crippen molar-refractivity contribution < 1.29 is 32.8 Å². The Hall–Kier alpha value is -3.18. The van der Waals surface area contributed by atoms with Crippen LogP contribution in [0.4, 0.5) is 10.2 Å². The van der Waals surface area contributed by atoms with Crippen LogP contribution in [0.2, 0.25) is 0 Å². The Balaban J connectivity index is 1.62. The monoisotopic (exact) mass is 592 g/mol. The van der Waals surface area contributed by atoms with Gasteiger partial charge >= 0.3 is 12.6 Å². The maximum atomic E-state index is 16.2. The molecule has 1 saturated heterocycles. The number of nitrogens with one attached hydrogen (secondary N) is 1. The third-order valence-corrected chi connectivity index (χ3v) is 8.64. The van der Waals surface area contributed by atoms with Crippen molar-refractivity contribution in [3.63, 3.8) is 0 Å². The van der Waals surface area contributed by atoms with Crippen LogP contribution < -0.4 is 14.5 Å². The molecule has 0 unspecified atom stereocenters. The average molecular weight is 593 g/mol. The lowest BCUT2D eigenvalue weighted by Crippen LogP contribution is -2.42. The number of halogens is 1. The topological polar surface area (TPSA) is 133 Å². The first-order valence-electron chi connectivity index (χ1n) is 12.2. The van der Waals surface area contributed by atoms with Gasteiger partial charge in [-0.15, -0.1) is 6.42 Å². The second kappa shape index (κ2) is 11.7. The van der Waals surface area contributed by atoms with Gasteiger partial charge in [-0.25, -0.2) is 24.4 Å². The molecule has 0 saturated carbocycles. The molecule has 0 aliphatic carbocycles. The highest BCUT2D eigenvalue weighted by molar-refractivity contribution is 8.09. The van der Waals surface area contributed by atoms with E-state index in [4.69, 9.17) is 36.8 Å². The fourth-order valence-electron chi connectivity index (χ4n) is 4.15. The molecule has 0 amide bonds. The van der Waals surface area contributed by atoms with E-state index in [2.05, 4.69) is 20.0 Å². The van der Waals surface area contributed by atoms with Crippen molar-refractivity contribution in [3.8, 4) is 18.1 Å². The zero-order chi connectivity index (χ0) is 29.2. The fourth-order valence-corrected chi connectivity index (χ4v) is 6.57. The van der Waals surface area contributed by atoms with Gasteiger partial charge in [-0.1, -0.05) is 24.1 Å². The largest absolute Gasteiger partial charge is 0.468 e. The average Bonchev–Trinajstić information content (AvgIpc) is 3.45. The van der Waals surface area contributed by atoms with E-state index in [0.29, 0.717) is 22.9 Å². The number of anilines is 1. The van der Waals surface area contributed by atoms with Crippen molar-refractivity contribution in [2.75, 3.05) is 32.7 Å². The molecule has 40 heavy (non-hydrogen) atoms. The van der Waals surface area contributed by atoms with Crippen molar-refractivity contribution >= 4 is 41.4 Å². The molecule has 0 bridgehead atoms. The number of imidazole rings is 1. The summed E-state index contributed by atoms with van der Waals surface area (Å²) >= 11 is 5.65. The molecule has 1 aliphatic rings. The van der Waals surface area contributed by atoms with Crippen LogP contribution in [0.1, 0.15) is 19.0 Å². The molecule has 2 aromatic heterocycles. The molecule has 15 heteroatoms. The van der Waals surface area contributed by atoms with Crippen molar-refractivity contribution in [1.82, 2.24) is 24.6 Å². The van der Waals surface area contributed by atoms with Gasteiger partial charge < -0.3 is 28.5 Å². The zero-order valence-electron chi connectivity index (χ0n) is 22.5. The van der Waals surface area contributed by atoms with Crippen LogP contribution >= 0.6 is 6.64 Å². The third kappa shape index (κ3) is 5.81. The smallest absolute Gasteiger partial charge is 0.323 e. The van der Waals surface area contributed by atoms with Crippen molar-refractivity contribution in [2.24, 2.45) is 0 Å². The Labute approximate surface area is 236 Å². The first-order valence-corrected chi connectivity index (χ1v) is 14.8. The number of alkyl halides is 1. The summed E-state index contributed by atoms with van der Waals surface area (Å²) in [5, 5.41) is 13.8. The van der Waals surface area contributed by atoms with E-state index >= 15 is 4.39 Å². The molecule has 1 aliphatic heterocycles. The number of esters is 1. The molecule has 1 fully saturated rings. The van der Waals surface area contributed by atoms with Gasteiger partial charge in [0.05, 0.1) is 20.0 Å². The van der Waals surface area contributed by atoms with Crippen molar-refractivity contribution in [3.05, 3.63) is 42.5 Å². The number of terminal acetylenes is 1. The second-order valence-electron chi connectivity index (χ2n) is 9.27. The van der Waals surface area contributed by atoms with Crippen LogP contribution in [0.3, 0.4) is 0 Å². The van der Waals surface area contributed by atoms with Gasteiger partial charge in [-0.2, -0.15) is 0 Å². The number of aliphatic hydroxyl groups excluding tert-OH is 1. The SMILES string of the molecule is C#C[C@@]1(F)[C@H](O)[C@@H](CO[P@@](=S)(N[C@@H](C)C(=O)OC)Oc2ccccc2)O[C@H]1n1cnc2c(N(C)C)nc(C)nc21. The lowest BCUT2D eigenvalue weighted by atomic mass is 9.97. The Kier molecular flexibility index (Phi) is 8.75. The summed E-state index contributed by atoms with van der Waals surface area (Å²) in [6, 6.07) is 7.69. The van der Waals surface area contributed by atoms with Gasteiger partial charge in [0.15, 0.2) is 23.2 Å². The summed E-state index contributed by atoms with van der Waals surface area (Å²) in [5.74, 6) is 2.77. The molecular weight excluding hydrogens is 562 g/mol. The summed E-state index contributed by atoms with van der Waals surface area (Å²) in [7, 11) is 4.82. The highest BCUT2D eigenvalue weighted by atomic mass is 32.5. The van der Waals surface area contributed by atoms with Crippen LogP contribution in [-0.4, -0.2) is 82.3 Å². The number of nitrogens with zero attached hydrogens (tertiary/aromatic N) is 5. The predicted molar refractivity (Wildman–Crippen MR) is 149 cm³/mol. The fraction of sp³-hybridized carbons (Fsp3) is 0.440. The molecule has 0 spiro atoms. The van der Waals surface area contributed by atoms with E-state index in [1.807, 2.05) is 5.92 Å². The maximum Gasteiger partial charge on any atom is 0.323 e. The number of aliphatic hydroxyl groups is 1. The summed E-state index contributed by atoms with van der Waals surface area (Å²) in [6.45, 7) is -0.661. The number of methoxy groups -OCH3 is 1. The molecule has 3 heterocycles. The number of hydrogen-bond acceptors (Lipinski definition) is 11. The molecule has 3 aromatic rings. The summed E-state index contributed by atoms with van der Waals surface area (Å²) in [4.78, 5) is 27.0. The predicted octanol–water partition coefficient (Wildman–Crippen LogP) is 2.27. The Morgan fingerprint density at radius 3 is 2.73 bits per heavy atom. The lowest BCUT2D eigenvalue weighted by Gasteiger charge is -2.27. The number of carbonyl (C=O) groups excluding carboxylic acids is 1. The van der Waals surface area contributed by atoms with Crippen LogP contribution in [0.15, 0.2) is 36.7 Å². The third-order valence-electron chi connectivity index (χ3n) is 6.14. The van der Waals surface area contributed by atoms with Crippen LogP contribution in [0.25, 0.3) is 11.2 Å². The lowest BCUT2D eigenvalue weighted by molar-refractivity contribution is -0.142. The van der Waals surface area contributed by atoms with E-state index in [1.54, 1.807) is 56.3 Å². The number of fused-ring (bicyclic) bond motifs is 1. The minimum Gasteiger partial charge on any atom is -0.468 e. The molecule has 0 radical (unpaired) electrons. The second-order valence-corrected chi connectivity index (χ2v) is 12.4. The number of carbonyl (C=O) groups is 1. The van der Waals surface area contributed by atoms with Crippen LogP contribution in [0.5, 0.6) is 5.75 Å². The van der Waals surface area contributed by atoms with E-state index in [0.717, 1.165) is 0 Å². The summed E-state index contributed by atoms with van der Waals surface area (Å²) in [6.07, 6.45) is 2.35. The molecule has 4 rings (SSSR count). The van der Waals surface area contributed by atoms with Crippen molar-refractivity contribution in [2.45, 2.75) is 44.0 Å². The maximum absolute atomic E-state index is 16.2. The highest BCUT2D eigenvalue weighted by Crippen LogP contribution is 2.48. The number of aryl methyl sites for hydroxylation is 1. The number of benzene rings is 1.